The maximum absolute atomic E-state index is 4.27. The van der Waals surface area contributed by atoms with Gasteiger partial charge in [-0.05, 0) is 25.5 Å². The summed E-state index contributed by atoms with van der Waals surface area (Å²) in [5.74, 6) is 0. The van der Waals surface area contributed by atoms with Crippen molar-refractivity contribution in [1.82, 2.24) is 14.7 Å². The number of likely N-dealkylation sites (tertiary alicyclic amines) is 1. The first-order valence-corrected chi connectivity index (χ1v) is 5.72. The van der Waals surface area contributed by atoms with Gasteiger partial charge in [-0.25, -0.2) is 0 Å². The molecular weight excluding hydrogens is 186 g/mol. The number of rotatable bonds is 4. The van der Waals surface area contributed by atoms with Crippen molar-refractivity contribution in [2.45, 2.75) is 31.8 Å². The Morgan fingerprint density at radius 2 is 2.40 bits per heavy atom. The lowest BCUT2D eigenvalue weighted by molar-refractivity contribution is 0.145. The van der Waals surface area contributed by atoms with Gasteiger partial charge in [-0.1, -0.05) is 12.5 Å². The summed E-state index contributed by atoms with van der Waals surface area (Å²) in [4.78, 5) is 2.51. The van der Waals surface area contributed by atoms with E-state index in [9.17, 15) is 0 Å². The molecule has 1 aromatic heterocycles. The Morgan fingerprint density at radius 3 is 3.13 bits per heavy atom. The topological polar surface area (TPSA) is 21.1 Å². The lowest BCUT2D eigenvalue weighted by Crippen LogP contribution is -2.42. The summed E-state index contributed by atoms with van der Waals surface area (Å²) in [6.45, 7) is 7.05. The summed E-state index contributed by atoms with van der Waals surface area (Å²) < 4.78 is 2.03. The first-order chi connectivity index (χ1) is 7.40. The van der Waals surface area contributed by atoms with E-state index in [0.717, 1.165) is 13.1 Å². The van der Waals surface area contributed by atoms with E-state index >= 15 is 0 Å². The van der Waals surface area contributed by atoms with Crippen LogP contribution in [0.4, 0.5) is 0 Å². The average Bonchev–Trinajstić information content (AvgIpc) is 2.74. The van der Waals surface area contributed by atoms with Gasteiger partial charge in [0, 0.05) is 25.0 Å². The van der Waals surface area contributed by atoms with Crippen molar-refractivity contribution in [3.63, 3.8) is 0 Å². The van der Waals surface area contributed by atoms with Crippen molar-refractivity contribution >= 4 is 0 Å². The van der Waals surface area contributed by atoms with E-state index in [1.54, 1.807) is 0 Å². The van der Waals surface area contributed by atoms with Crippen LogP contribution in [0.3, 0.4) is 0 Å². The molecule has 0 N–H and O–H groups in total. The van der Waals surface area contributed by atoms with Crippen LogP contribution in [0.15, 0.2) is 31.1 Å². The maximum atomic E-state index is 4.27. The zero-order valence-electron chi connectivity index (χ0n) is 9.18. The molecule has 1 aliphatic rings. The Kier molecular flexibility index (Phi) is 3.56. The van der Waals surface area contributed by atoms with Gasteiger partial charge in [-0.3, -0.25) is 9.58 Å². The third kappa shape index (κ3) is 2.69. The van der Waals surface area contributed by atoms with Crippen molar-refractivity contribution in [1.29, 1.82) is 0 Å². The van der Waals surface area contributed by atoms with Crippen molar-refractivity contribution in [2.24, 2.45) is 0 Å². The summed E-state index contributed by atoms with van der Waals surface area (Å²) in [6, 6.07) is 2.62. The van der Waals surface area contributed by atoms with Gasteiger partial charge in [0.1, 0.15) is 0 Å². The Hall–Kier alpha value is -1.09. The number of hydrogen-bond donors (Lipinski definition) is 0. The van der Waals surface area contributed by atoms with Crippen LogP contribution in [0.1, 0.15) is 19.3 Å². The van der Waals surface area contributed by atoms with Gasteiger partial charge in [-0.15, -0.1) is 6.58 Å². The molecule has 82 valence electrons. The molecule has 1 fully saturated rings. The molecule has 15 heavy (non-hydrogen) atoms. The fourth-order valence-electron chi connectivity index (χ4n) is 2.30. The van der Waals surface area contributed by atoms with Gasteiger partial charge in [0.05, 0.1) is 6.54 Å². The molecule has 1 saturated heterocycles. The lowest BCUT2D eigenvalue weighted by Gasteiger charge is -2.34. The molecule has 1 atom stereocenters. The smallest absolute Gasteiger partial charge is 0.0565 e. The standard InChI is InChI=1S/C12H19N3/c1-2-8-14-9-4-3-6-12(14)11-15-10-5-7-13-15/h2,5,7,10,12H,1,3-4,6,8-9,11H2/t12-/m1/s1. The highest BCUT2D eigenvalue weighted by Crippen LogP contribution is 2.17. The molecule has 0 spiro atoms. The van der Waals surface area contributed by atoms with Gasteiger partial charge in [0.25, 0.3) is 0 Å². The van der Waals surface area contributed by atoms with Crippen LogP contribution in [-0.2, 0) is 6.54 Å². The van der Waals surface area contributed by atoms with Crippen molar-refractivity contribution in [3.8, 4) is 0 Å². The number of hydrogen-bond acceptors (Lipinski definition) is 2. The molecule has 1 aliphatic heterocycles. The second-order valence-corrected chi connectivity index (χ2v) is 4.16. The molecule has 3 heteroatoms. The average molecular weight is 205 g/mol. The zero-order chi connectivity index (χ0) is 10.5. The van der Waals surface area contributed by atoms with Gasteiger partial charge in [0.2, 0.25) is 0 Å². The highest BCUT2D eigenvalue weighted by Gasteiger charge is 2.21. The first-order valence-electron chi connectivity index (χ1n) is 5.72. The van der Waals surface area contributed by atoms with Gasteiger partial charge in [0.15, 0.2) is 0 Å². The molecule has 0 saturated carbocycles. The van der Waals surface area contributed by atoms with E-state index < -0.39 is 0 Å². The molecule has 0 aromatic carbocycles. The van der Waals surface area contributed by atoms with E-state index in [1.807, 2.05) is 29.2 Å². The van der Waals surface area contributed by atoms with E-state index in [4.69, 9.17) is 0 Å². The van der Waals surface area contributed by atoms with E-state index in [1.165, 1.54) is 25.8 Å². The highest BCUT2D eigenvalue weighted by atomic mass is 15.3. The van der Waals surface area contributed by atoms with Gasteiger partial charge >= 0.3 is 0 Å². The quantitative estimate of drug-likeness (QED) is 0.700. The van der Waals surface area contributed by atoms with Crippen LogP contribution in [0.25, 0.3) is 0 Å². The van der Waals surface area contributed by atoms with Crippen molar-refractivity contribution in [3.05, 3.63) is 31.1 Å². The van der Waals surface area contributed by atoms with Gasteiger partial charge in [-0.2, -0.15) is 5.10 Å². The fourth-order valence-corrected chi connectivity index (χ4v) is 2.30. The number of nitrogens with zero attached hydrogens (tertiary/aromatic N) is 3. The first kappa shape index (κ1) is 10.4. The Labute approximate surface area is 91.4 Å². The summed E-state index contributed by atoms with van der Waals surface area (Å²) in [6.07, 6.45) is 9.85. The van der Waals surface area contributed by atoms with E-state index in [2.05, 4.69) is 16.6 Å². The van der Waals surface area contributed by atoms with E-state index in [0.29, 0.717) is 6.04 Å². The third-order valence-corrected chi connectivity index (χ3v) is 3.07. The van der Waals surface area contributed by atoms with Gasteiger partial charge < -0.3 is 0 Å². The van der Waals surface area contributed by atoms with Crippen molar-refractivity contribution < 1.29 is 0 Å². The normalized spacial score (nSPS) is 22.8. The Bertz CT molecular complexity index is 292. The largest absolute Gasteiger partial charge is 0.295 e. The Morgan fingerprint density at radius 1 is 1.47 bits per heavy atom. The molecule has 2 heterocycles. The SMILES string of the molecule is C=CCN1CCCC[C@@H]1Cn1cccn1. The summed E-state index contributed by atoms with van der Waals surface area (Å²) in [7, 11) is 0. The fraction of sp³-hybridized carbons (Fsp3) is 0.583. The highest BCUT2D eigenvalue weighted by molar-refractivity contribution is 4.85. The van der Waals surface area contributed by atoms with Crippen LogP contribution in [0.2, 0.25) is 0 Å². The molecule has 0 aliphatic carbocycles. The molecule has 3 nitrogen and oxygen atoms in total. The summed E-state index contributed by atoms with van der Waals surface area (Å²) in [5.41, 5.74) is 0. The van der Waals surface area contributed by atoms with Crippen LogP contribution >= 0.6 is 0 Å². The molecule has 2 rings (SSSR count). The minimum Gasteiger partial charge on any atom is -0.295 e. The summed E-state index contributed by atoms with van der Waals surface area (Å²) in [5, 5.41) is 4.27. The second-order valence-electron chi connectivity index (χ2n) is 4.16. The monoisotopic (exact) mass is 205 g/mol. The molecule has 0 bridgehead atoms. The lowest BCUT2D eigenvalue weighted by atomic mass is 10.0. The van der Waals surface area contributed by atoms with Crippen LogP contribution < -0.4 is 0 Å². The third-order valence-electron chi connectivity index (χ3n) is 3.07. The van der Waals surface area contributed by atoms with Crippen LogP contribution in [-0.4, -0.2) is 33.8 Å². The zero-order valence-corrected chi connectivity index (χ0v) is 9.18. The predicted molar refractivity (Wildman–Crippen MR) is 61.6 cm³/mol. The maximum Gasteiger partial charge on any atom is 0.0565 e. The predicted octanol–water partition coefficient (Wildman–Crippen LogP) is 1.92. The minimum absolute atomic E-state index is 0.636. The minimum atomic E-state index is 0.636. The summed E-state index contributed by atoms with van der Waals surface area (Å²) >= 11 is 0. The van der Waals surface area contributed by atoms with Crippen LogP contribution in [0, 0.1) is 0 Å². The second kappa shape index (κ2) is 5.12. The van der Waals surface area contributed by atoms with Crippen LogP contribution in [0.5, 0.6) is 0 Å². The van der Waals surface area contributed by atoms with Crippen molar-refractivity contribution in [2.75, 3.05) is 13.1 Å². The molecule has 0 amide bonds. The molecular formula is C12H19N3. The molecule has 1 aromatic rings. The Balaban J connectivity index is 1.95. The number of aromatic nitrogens is 2. The van der Waals surface area contributed by atoms with E-state index in [-0.39, 0.29) is 0 Å². The molecule has 0 radical (unpaired) electrons. The molecule has 0 unspecified atom stereocenters. The number of piperidine rings is 1.